The molecule has 3 heterocycles. The van der Waals surface area contributed by atoms with Gasteiger partial charge < -0.3 is 9.84 Å². The number of nitrogens with zero attached hydrogens (tertiary/aromatic N) is 3. The number of hydrogen-bond donors (Lipinski definition) is 1. The molecule has 0 aromatic carbocycles. The summed E-state index contributed by atoms with van der Waals surface area (Å²) in [6.45, 7) is 10.8. The highest BCUT2D eigenvalue weighted by molar-refractivity contribution is 5.00. The van der Waals surface area contributed by atoms with Gasteiger partial charge in [-0.15, -0.1) is 0 Å². The van der Waals surface area contributed by atoms with E-state index in [1.807, 2.05) is 0 Å². The quantitative estimate of drug-likeness (QED) is 0.895. The van der Waals surface area contributed by atoms with Crippen molar-refractivity contribution >= 4 is 0 Å². The number of fused-ring (bicyclic) bond motifs is 1. The Labute approximate surface area is 114 Å². The van der Waals surface area contributed by atoms with Crippen LogP contribution >= 0.6 is 0 Å². The Morgan fingerprint density at radius 1 is 1.42 bits per heavy atom. The molecule has 2 aliphatic heterocycles. The van der Waals surface area contributed by atoms with Crippen LogP contribution in [0.5, 0.6) is 0 Å². The van der Waals surface area contributed by atoms with E-state index < -0.39 is 0 Å². The molecule has 1 aromatic heterocycles. The van der Waals surface area contributed by atoms with Gasteiger partial charge in [0.1, 0.15) is 0 Å². The number of aromatic nitrogens is 2. The summed E-state index contributed by atoms with van der Waals surface area (Å²) in [5.74, 6) is 3.54. The lowest BCUT2D eigenvalue weighted by atomic mass is 9.93. The molecule has 1 aromatic rings. The van der Waals surface area contributed by atoms with Crippen LogP contribution in [0.15, 0.2) is 4.52 Å². The maximum absolute atomic E-state index is 5.38. The zero-order valence-electron chi connectivity index (χ0n) is 12.1. The first-order chi connectivity index (χ1) is 9.19. The summed E-state index contributed by atoms with van der Waals surface area (Å²) in [4.78, 5) is 7.04. The van der Waals surface area contributed by atoms with Gasteiger partial charge in [0.15, 0.2) is 5.82 Å². The molecule has 106 valence electrons. The lowest BCUT2D eigenvalue weighted by Crippen LogP contribution is -2.34. The van der Waals surface area contributed by atoms with Crippen LogP contribution in [0.25, 0.3) is 0 Å². The highest BCUT2D eigenvalue weighted by atomic mass is 16.5. The number of rotatable bonds is 4. The number of hydrogen-bond acceptors (Lipinski definition) is 5. The van der Waals surface area contributed by atoms with E-state index >= 15 is 0 Å². The van der Waals surface area contributed by atoms with Gasteiger partial charge in [0, 0.05) is 18.5 Å². The fourth-order valence-corrected chi connectivity index (χ4v) is 3.59. The molecule has 2 fully saturated rings. The highest BCUT2D eigenvalue weighted by Crippen LogP contribution is 2.34. The first-order valence-corrected chi connectivity index (χ1v) is 7.46. The number of likely N-dealkylation sites (tertiary alicyclic amines) is 1. The van der Waals surface area contributed by atoms with E-state index in [9.17, 15) is 0 Å². The lowest BCUT2D eigenvalue weighted by molar-refractivity contribution is 0.184. The Morgan fingerprint density at radius 2 is 2.26 bits per heavy atom. The van der Waals surface area contributed by atoms with Crippen molar-refractivity contribution in [2.75, 3.05) is 19.6 Å². The van der Waals surface area contributed by atoms with Crippen LogP contribution in [-0.4, -0.2) is 40.7 Å². The second-order valence-corrected chi connectivity index (χ2v) is 6.19. The Kier molecular flexibility index (Phi) is 3.58. The van der Waals surface area contributed by atoms with Crippen molar-refractivity contribution in [2.24, 2.45) is 11.8 Å². The van der Waals surface area contributed by atoms with Gasteiger partial charge in [0.25, 0.3) is 0 Å². The molecule has 2 saturated heterocycles. The van der Waals surface area contributed by atoms with Crippen LogP contribution < -0.4 is 5.32 Å². The standard InChI is InChI=1S/C14H24N4O/c1-4-12-11-6-15-5-10(11)7-18(12)8-13-16-14(9(2)3)17-19-13/h9-12,15H,4-8H2,1-3H3. The van der Waals surface area contributed by atoms with Gasteiger partial charge in [-0.1, -0.05) is 25.9 Å². The maximum atomic E-state index is 5.38. The Morgan fingerprint density at radius 3 is 2.95 bits per heavy atom. The second-order valence-electron chi connectivity index (χ2n) is 6.19. The van der Waals surface area contributed by atoms with Gasteiger partial charge in [-0.2, -0.15) is 4.98 Å². The Hall–Kier alpha value is -0.940. The average molecular weight is 264 g/mol. The minimum absolute atomic E-state index is 0.335. The molecule has 2 aliphatic rings. The third-order valence-electron chi connectivity index (χ3n) is 4.58. The fourth-order valence-electron chi connectivity index (χ4n) is 3.59. The summed E-state index contributed by atoms with van der Waals surface area (Å²) in [6, 6.07) is 0.661. The summed E-state index contributed by atoms with van der Waals surface area (Å²) in [7, 11) is 0. The summed E-state index contributed by atoms with van der Waals surface area (Å²) in [5.41, 5.74) is 0. The van der Waals surface area contributed by atoms with Crippen molar-refractivity contribution in [1.29, 1.82) is 0 Å². The average Bonchev–Trinajstić information content (AvgIpc) is 3.04. The van der Waals surface area contributed by atoms with E-state index in [1.54, 1.807) is 0 Å². The van der Waals surface area contributed by atoms with E-state index in [0.29, 0.717) is 12.0 Å². The third kappa shape index (κ3) is 2.41. The topological polar surface area (TPSA) is 54.2 Å². The molecule has 3 rings (SSSR count). The number of nitrogens with one attached hydrogen (secondary N) is 1. The summed E-state index contributed by atoms with van der Waals surface area (Å²) in [6.07, 6.45) is 1.20. The molecule has 3 unspecified atom stereocenters. The molecule has 0 saturated carbocycles. The molecule has 5 heteroatoms. The monoisotopic (exact) mass is 264 g/mol. The molecule has 0 bridgehead atoms. The van der Waals surface area contributed by atoms with Gasteiger partial charge >= 0.3 is 0 Å². The van der Waals surface area contributed by atoms with Gasteiger partial charge in [-0.25, -0.2) is 0 Å². The molecular formula is C14H24N4O. The zero-order valence-corrected chi connectivity index (χ0v) is 12.1. The van der Waals surface area contributed by atoms with Gasteiger partial charge in [0.2, 0.25) is 5.89 Å². The van der Waals surface area contributed by atoms with Crippen molar-refractivity contribution in [1.82, 2.24) is 20.4 Å². The van der Waals surface area contributed by atoms with Crippen molar-refractivity contribution in [3.63, 3.8) is 0 Å². The zero-order chi connectivity index (χ0) is 13.4. The van der Waals surface area contributed by atoms with Crippen LogP contribution in [0.3, 0.4) is 0 Å². The van der Waals surface area contributed by atoms with E-state index in [-0.39, 0.29) is 0 Å². The van der Waals surface area contributed by atoms with Crippen LogP contribution in [0.2, 0.25) is 0 Å². The molecule has 5 nitrogen and oxygen atoms in total. The lowest BCUT2D eigenvalue weighted by Gasteiger charge is -2.25. The fraction of sp³-hybridized carbons (Fsp3) is 0.857. The smallest absolute Gasteiger partial charge is 0.240 e. The minimum atomic E-state index is 0.335. The van der Waals surface area contributed by atoms with E-state index in [1.165, 1.54) is 19.5 Å². The molecule has 0 aliphatic carbocycles. The normalized spacial score (nSPS) is 31.3. The largest absolute Gasteiger partial charge is 0.338 e. The maximum Gasteiger partial charge on any atom is 0.240 e. The van der Waals surface area contributed by atoms with Crippen LogP contribution in [-0.2, 0) is 6.54 Å². The summed E-state index contributed by atoms with van der Waals surface area (Å²) in [5, 5.41) is 7.57. The van der Waals surface area contributed by atoms with Gasteiger partial charge in [0.05, 0.1) is 6.54 Å². The van der Waals surface area contributed by atoms with Crippen molar-refractivity contribution in [2.45, 2.75) is 45.7 Å². The third-order valence-corrected chi connectivity index (χ3v) is 4.58. The first-order valence-electron chi connectivity index (χ1n) is 7.46. The van der Waals surface area contributed by atoms with Gasteiger partial charge in [-0.05, 0) is 31.3 Å². The highest BCUT2D eigenvalue weighted by Gasteiger charge is 2.43. The van der Waals surface area contributed by atoms with Crippen LogP contribution in [0.1, 0.15) is 44.8 Å². The predicted octanol–water partition coefficient (Wildman–Crippen LogP) is 1.62. The summed E-state index contributed by atoms with van der Waals surface area (Å²) < 4.78 is 5.38. The molecule has 0 amide bonds. The molecule has 3 atom stereocenters. The van der Waals surface area contributed by atoms with Crippen LogP contribution in [0, 0.1) is 11.8 Å². The summed E-state index contributed by atoms with van der Waals surface area (Å²) >= 11 is 0. The van der Waals surface area contributed by atoms with E-state index in [4.69, 9.17) is 4.52 Å². The second kappa shape index (κ2) is 5.21. The molecule has 19 heavy (non-hydrogen) atoms. The Balaban J connectivity index is 1.68. The van der Waals surface area contributed by atoms with Crippen molar-refractivity contribution in [3.8, 4) is 0 Å². The SMILES string of the molecule is CCC1C2CNCC2CN1Cc1nc(C(C)C)no1. The Bertz CT molecular complexity index is 431. The van der Waals surface area contributed by atoms with E-state index in [0.717, 1.165) is 36.6 Å². The van der Waals surface area contributed by atoms with Gasteiger partial charge in [-0.3, -0.25) is 4.90 Å². The van der Waals surface area contributed by atoms with E-state index in [2.05, 4.69) is 41.1 Å². The minimum Gasteiger partial charge on any atom is -0.338 e. The molecule has 1 N–H and O–H groups in total. The molecule has 0 radical (unpaired) electrons. The molecular weight excluding hydrogens is 240 g/mol. The van der Waals surface area contributed by atoms with Crippen molar-refractivity contribution < 1.29 is 4.52 Å². The molecule has 0 spiro atoms. The van der Waals surface area contributed by atoms with Crippen molar-refractivity contribution in [3.05, 3.63) is 11.7 Å². The first kappa shape index (κ1) is 13.1. The predicted molar refractivity (Wildman–Crippen MR) is 72.7 cm³/mol. The van der Waals surface area contributed by atoms with Crippen LogP contribution in [0.4, 0.5) is 0 Å².